The van der Waals surface area contributed by atoms with E-state index in [-0.39, 0.29) is 0 Å². The fourth-order valence-electron chi connectivity index (χ4n) is 2.02. The van der Waals surface area contributed by atoms with Gasteiger partial charge in [0.1, 0.15) is 0 Å². The minimum Gasteiger partial charge on any atom is -0.344 e. The zero-order chi connectivity index (χ0) is 13.5. The molecule has 0 aromatic carbocycles. The second kappa shape index (κ2) is 7.71. The van der Waals surface area contributed by atoms with Gasteiger partial charge in [-0.15, -0.1) is 11.3 Å². The molecule has 1 atom stereocenters. The van der Waals surface area contributed by atoms with E-state index in [1.165, 1.54) is 0 Å². The molecule has 18 heavy (non-hydrogen) atoms. The van der Waals surface area contributed by atoms with E-state index in [0.29, 0.717) is 6.04 Å². The maximum Gasteiger partial charge on any atom is 0.185 e. The lowest BCUT2D eigenvalue weighted by Crippen LogP contribution is -2.40. The summed E-state index contributed by atoms with van der Waals surface area (Å²) in [6.07, 6.45) is 0. The van der Waals surface area contributed by atoms with Crippen LogP contribution in [0, 0.1) is 0 Å². The van der Waals surface area contributed by atoms with Crippen molar-refractivity contribution in [1.82, 2.24) is 15.2 Å². The van der Waals surface area contributed by atoms with Gasteiger partial charge in [0.2, 0.25) is 0 Å². The van der Waals surface area contributed by atoms with Gasteiger partial charge in [-0.05, 0) is 34.5 Å². The van der Waals surface area contributed by atoms with E-state index in [0.717, 1.165) is 37.0 Å². The molecule has 1 N–H and O–H groups in total. The summed E-state index contributed by atoms with van der Waals surface area (Å²) < 4.78 is 0. The van der Waals surface area contributed by atoms with E-state index < -0.39 is 0 Å². The van der Waals surface area contributed by atoms with Gasteiger partial charge in [-0.2, -0.15) is 0 Å². The lowest BCUT2D eigenvalue weighted by molar-refractivity contribution is 0.373. The van der Waals surface area contributed by atoms with Crippen LogP contribution in [-0.4, -0.2) is 49.7 Å². The first-order chi connectivity index (χ1) is 8.58. The predicted molar refractivity (Wildman–Crippen MR) is 80.5 cm³/mol. The first-order valence-electron chi connectivity index (χ1n) is 6.64. The molecule has 0 bridgehead atoms. The zero-order valence-corrected chi connectivity index (χ0v) is 13.0. The highest BCUT2D eigenvalue weighted by Gasteiger charge is 2.16. The SMILES string of the molecule is CCNCc1csc(N(CC)C(C)CN(C)C)n1. The summed E-state index contributed by atoms with van der Waals surface area (Å²) in [4.78, 5) is 9.31. The molecule has 4 nitrogen and oxygen atoms in total. The molecule has 0 aliphatic heterocycles. The number of hydrogen-bond acceptors (Lipinski definition) is 5. The molecule has 0 spiro atoms. The highest BCUT2D eigenvalue weighted by molar-refractivity contribution is 7.13. The van der Waals surface area contributed by atoms with Crippen LogP contribution in [0.15, 0.2) is 5.38 Å². The van der Waals surface area contributed by atoms with Crippen LogP contribution < -0.4 is 10.2 Å². The summed E-state index contributed by atoms with van der Waals surface area (Å²) in [5, 5.41) is 6.61. The molecule has 0 saturated carbocycles. The first-order valence-corrected chi connectivity index (χ1v) is 7.52. The monoisotopic (exact) mass is 270 g/mol. The first kappa shape index (κ1) is 15.4. The highest BCUT2D eigenvalue weighted by Crippen LogP contribution is 2.22. The van der Waals surface area contributed by atoms with Gasteiger partial charge in [0.15, 0.2) is 5.13 Å². The van der Waals surface area contributed by atoms with Gasteiger partial charge in [0.05, 0.1) is 5.69 Å². The maximum absolute atomic E-state index is 4.71. The van der Waals surface area contributed by atoms with Crippen molar-refractivity contribution in [3.05, 3.63) is 11.1 Å². The van der Waals surface area contributed by atoms with Gasteiger partial charge in [0, 0.05) is 31.1 Å². The fraction of sp³-hybridized carbons (Fsp3) is 0.769. The molecule has 0 aliphatic carbocycles. The van der Waals surface area contributed by atoms with Crippen LogP contribution in [0.4, 0.5) is 5.13 Å². The zero-order valence-electron chi connectivity index (χ0n) is 12.2. The topological polar surface area (TPSA) is 31.4 Å². The van der Waals surface area contributed by atoms with Gasteiger partial charge in [-0.1, -0.05) is 6.92 Å². The molecular formula is C13H26N4S. The molecule has 104 valence electrons. The van der Waals surface area contributed by atoms with Crippen LogP contribution >= 0.6 is 11.3 Å². The fourth-order valence-corrected chi connectivity index (χ4v) is 3.02. The average molecular weight is 270 g/mol. The molecular weight excluding hydrogens is 244 g/mol. The molecule has 0 fully saturated rings. The number of nitrogens with one attached hydrogen (secondary N) is 1. The van der Waals surface area contributed by atoms with Crippen molar-refractivity contribution in [2.75, 3.05) is 38.6 Å². The van der Waals surface area contributed by atoms with Crippen molar-refractivity contribution in [3.63, 3.8) is 0 Å². The number of likely N-dealkylation sites (N-methyl/N-ethyl adjacent to an activating group) is 2. The summed E-state index contributed by atoms with van der Waals surface area (Å²) in [7, 11) is 4.23. The third-order valence-electron chi connectivity index (χ3n) is 2.84. The second-order valence-corrected chi connectivity index (χ2v) is 5.64. The summed E-state index contributed by atoms with van der Waals surface area (Å²) in [5.74, 6) is 0. The van der Waals surface area contributed by atoms with Gasteiger partial charge in [0.25, 0.3) is 0 Å². The third-order valence-corrected chi connectivity index (χ3v) is 3.77. The number of anilines is 1. The van der Waals surface area contributed by atoms with Crippen LogP contribution in [0.3, 0.4) is 0 Å². The standard InChI is InChI=1S/C13H26N4S/c1-6-14-8-12-10-18-13(15-12)17(7-2)11(3)9-16(4)5/h10-11,14H,6-9H2,1-5H3. The molecule has 5 heteroatoms. The molecule has 0 amide bonds. The largest absolute Gasteiger partial charge is 0.344 e. The van der Waals surface area contributed by atoms with Gasteiger partial charge in [-0.25, -0.2) is 4.98 Å². The summed E-state index contributed by atoms with van der Waals surface area (Å²) in [6.45, 7) is 10.5. The number of hydrogen-bond donors (Lipinski definition) is 1. The van der Waals surface area contributed by atoms with Crippen molar-refractivity contribution >= 4 is 16.5 Å². The average Bonchev–Trinajstić information content (AvgIpc) is 2.75. The van der Waals surface area contributed by atoms with E-state index in [1.54, 1.807) is 11.3 Å². The Morgan fingerprint density at radius 2 is 2.11 bits per heavy atom. The Kier molecular flexibility index (Phi) is 6.60. The lowest BCUT2D eigenvalue weighted by Gasteiger charge is -2.29. The van der Waals surface area contributed by atoms with Gasteiger partial charge in [-0.3, -0.25) is 0 Å². The highest BCUT2D eigenvalue weighted by atomic mass is 32.1. The molecule has 1 aromatic heterocycles. The van der Waals surface area contributed by atoms with Crippen LogP contribution in [0.1, 0.15) is 26.5 Å². The Labute approximate surface area is 115 Å². The molecule has 1 heterocycles. The van der Waals surface area contributed by atoms with Gasteiger partial charge < -0.3 is 15.1 Å². The second-order valence-electron chi connectivity index (χ2n) is 4.80. The normalized spacial score (nSPS) is 13.0. The molecule has 1 aromatic rings. The van der Waals surface area contributed by atoms with Crippen molar-refractivity contribution in [1.29, 1.82) is 0 Å². The van der Waals surface area contributed by atoms with E-state index in [1.807, 2.05) is 0 Å². The minimum atomic E-state index is 0.489. The Balaban J connectivity index is 2.66. The van der Waals surface area contributed by atoms with E-state index in [4.69, 9.17) is 4.98 Å². The smallest absolute Gasteiger partial charge is 0.185 e. The lowest BCUT2D eigenvalue weighted by atomic mass is 10.3. The molecule has 1 rings (SSSR count). The van der Waals surface area contributed by atoms with E-state index in [9.17, 15) is 0 Å². The maximum atomic E-state index is 4.71. The van der Waals surface area contributed by atoms with Crippen LogP contribution in [-0.2, 0) is 6.54 Å². The Morgan fingerprint density at radius 3 is 2.67 bits per heavy atom. The molecule has 1 unspecified atom stereocenters. The molecule has 0 saturated heterocycles. The van der Waals surface area contributed by atoms with Crippen molar-refractivity contribution in [2.24, 2.45) is 0 Å². The van der Waals surface area contributed by atoms with E-state index in [2.05, 4.69) is 55.4 Å². The van der Waals surface area contributed by atoms with Gasteiger partial charge >= 0.3 is 0 Å². The van der Waals surface area contributed by atoms with Crippen LogP contribution in [0.5, 0.6) is 0 Å². The van der Waals surface area contributed by atoms with Crippen LogP contribution in [0.25, 0.3) is 0 Å². The number of rotatable bonds is 8. The van der Waals surface area contributed by atoms with Crippen molar-refractivity contribution in [3.8, 4) is 0 Å². The summed E-state index contributed by atoms with van der Waals surface area (Å²) >= 11 is 1.74. The Morgan fingerprint density at radius 1 is 1.39 bits per heavy atom. The minimum absolute atomic E-state index is 0.489. The Hall–Kier alpha value is -0.650. The van der Waals surface area contributed by atoms with E-state index >= 15 is 0 Å². The quantitative estimate of drug-likeness (QED) is 0.783. The summed E-state index contributed by atoms with van der Waals surface area (Å²) in [5.41, 5.74) is 1.15. The summed E-state index contributed by atoms with van der Waals surface area (Å²) in [6, 6.07) is 0.489. The van der Waals surface area contributed by atoms with Crippen LogP contribution in [0.2, 0.25) is 0 Å². The molecule has 0 aliphatic rings. The number of aromatic nitrogens is 1. The number of thiazole rings is 1. The number of nitrogens with zero attached hydrogens (tertiary/aromatic N) is 3. The van der Waals surface area contributed by atoms with Crippen molar-refractivity contribution < 1.29 is 0 Å². The third kappa shape index (κ3) is 4.55. The predicted octanol–water partition coefficient (Wildman–Crippen LogP) is 2.03. The molecule has 0 radical (unpaired) electrons. The Bertz CT molecular complexity index is 337. The van der Waals surface area contributed by atoms with Crippen molar-refractivity contribution in [2.45, 2.75) is 33.4 Å².